The van der Waals surface area contributed by atoms with Gasteiger partial charge in [-0.3, -0.25) is 0 Å². The third-order valence-electron chi connectivity index (χ3n) is 8.62. The first-order valence-electron chi connectivity index (χ1n) is 15.1. The molecule has 0 saturated heterocycles. The van der Waals surface area contributed by atoms with Gasteiger partial charge in [-0.2, -0.15) is 9.97 Å². The number of nitrogens with zero attached hydrogens (tertiary/aromatic N) is 3. The first kappa shape index (κ1) is 26.6. The number of hydrogen-bond donors (Lipinski definition) is 0. The molecule has 2 heterocycles. The minimum Gasteiger partial charge on any atom is -0.456 e. The van der Waals surface area contributed by atoms with Crippen LogP contribution in [0, 0.1) is 0 Å². The lowest BCUT2D eigenvalue weighted by Gasteiger charge is -2.10. The number of rotatable bonds is 4. The summed E-state index contributed by atoms with van der Waals surface area (Å²) in [7, 11) is 0. The monoisotopic (exact) mass is 609 g/mol. The topological polar surface area (TPSA) is 51.8 Å². The van der Waals surface area contributed by atoms with Crippen LogP contribution in [0.3, 0.4) is 0 Å². The summed E-state index contributed by atoms with van der Waals surface area (Å²) in [5.41, 5.74) is 7.98. The van der Waals surface area contributed by atoms with E-state index in [9.17, 15) is 0 Å². The van der Waals surface area contributed by atoms with Gasteiger partial charge in [0.15, 0.2) is 11.6 Å². The molecular weight excluding hydrogens is 586 g/mol. The molecule has 0 N–H and O–H groups in total. The zero-order valence-corrected chi connectivity index (χ0v) is 25.2. The number of halogens is 1. The molecule has 0 bridgehead atoms. The van der Waals surface area contributed by atoms with Crippen molar-refractivity contribution in [2.75, 3.05) is 0 Å². The summed E-state index contributed by atoms with van der Waals surface area (Å²) >= 11 is 6.47. The molecule has 0 aliphatic rings. The molecule has 0 atom stereocenters. The highest BCUT2D eigenvalue weighted by Gasteiger charge is 2.14. The van der Waals surface area contributed by atoms with E-state index in [1.807, 2.05) is 48.5 Å². The Kier molecular flexibility index (Phi) is 6.15. The molecule has 46 heavy (non-hydrogen) atoms. The van der Waals surface area contributed by atoms with Crippen molar-refractivity contribution in [3.8, 4) is 45.0 Å². The van der Waals surface area contributed by atoms with Crippen molar-refractivity contribution in [1.29, 1.82) is 0 Å². The van der Waals surface area contributed by atoms with Crippen molar-refractivity contribution < 1.29 is 4.42 Å². The summed E-state index contributed by atoms with van der Waals surface area (Å²) in [6.07, 6.45) is 0. The molecule has 0 radical (unpaired) electrons. The van der Waals surface area contributed by atoms with Crippen LogP contribution >= 0.6 is 11.6 Å². The molecule has 9 aromatic rings. The van der Waals surface area contributed by atoms with Gasteiger partial charge in [-0.1, -0.05) is 97.1 Å². The second kappa shape index (κ2) is 10.7. The van der Waals surface area contributed by atoms with Crippen molar-refractivity contribution in [1.82, 2.24) is 15.0 Å². The van der Waals surface area contributed by atoms with Crippen molar-refractivity contribution in [3.63, 3.8) is 0 Å². The lowest BCUT2D eigenvalue weighted by Crippen LogP contribution is -1.97. The Morgan fingerprint density at radius 2 is 0.891 bits per heavy atom. The van der Waals surface area contributed by atoms with Crippen LogP contribution in [0.4, 0.5) is 0 Å². The van der Waals surface area contributed by atoms with Crippen LogP contribution < -0.4 is 0 Å². The van der Waals surface area contributed by atoms with Crippen molar-refractivity contribution in [2.24, 2.45) is 0 Å². The van der Waals surface area contributed by atoms with Gasteiger partial charge >= 0.3 is 0 Å². The van der Waals surface area contributed by atoms with E-state index in [2.05, 4.69) is 107 Å². The third-order valence-corrected chi connectivity index (χ3v) is 8.79. The Hall–Kier alpha value is -5.84. The number of aromatic nitrogens is 3. The Balaban J connectivity index is 1.05. The SMILES string of the molecule is Clc1nc(-c2cccc(-c3ccc4cc(-c5ccc6ccccc6c5)ccc4c3)c2)nc(-c2ccc3oc4ccccc4c3c2)n1. The molecule has 7 aromatic carbocycles. The average molecular weight is 610 g/mol. The van der Waals surface area contributed by atoms with E-state index < -0.39 is 0 Å². The first-order valence-corrected chi connectivity index (χ1v) is 15.5. The quantitative estimate of drug-likeness (QED) is 0.199. The van der Waals surface area contributed by atoms with Crippen LogP contribution in [0.15, 0.2) is 150 Å². The zero-order valence-electron chi connectivity index (χ0n) is 24.5. The van der Waals surface area contributed by atoms with Gasteiger partial charge in [-0.25, -0.2) is 4.98 Å². The molecule has 0 spiro atoms. The second-order valence-electron chi connectivity index (χ2n) is 11.5. The molecule has 9 rings (SSSR count). The molecule has 0 unspecified atom stereocenters. The Bertz CT molecular complexity index is 2620. The number of para-hydroxylation sites is 1. The maximum atomic E-state index is 6.47. The van der Waals surface area contributed by atoms with Crippen LogP contribution in [-0.4, -0.2) is 15.0 Å². The van der Waals surface area contributed by atoms with Crippen LogP contribution in [0.2, 0.25) is 5.28 Å². The summed E-state index contributed by atoms with van der Waals surface area (Å²) in [6, 6.07) is 50.6. The lowest BCUT2D eigenvalue weighted by molar-refractivity contribution is 0.669. The minimum atomic E-state index is 0.149. The van der Waals surface area contributed by atoms with E-state index >= 15 is 0 Å². The third kappa shape index (κ3) is 4.68. The van der Waals surface area contributed by atoms with E-state index in [1.165, 1.54) is 32.7 Å². The van der Waals surface area contributed by atoms with Gasteiger partial charge in [0.2, 0.25) is 5.28 Å². The van der Waals surface area contributed by atoms with Crippen molar-refractivity contribution in [3.05, 3.63) is 151 Å². The highest BCUT2D eigenvalue weighted by Crippen LogP contribution is 2.34. The summed E-state index contributed by atoms with van der Waals surface area (Å²) in [5.74, 6) is 1.04. The number of furan rings is 1. The molecule has 0 saturated carbocycles. The first-order chi connectivity index (χ1) is 22.6. The molecule has 0 amide bonds. The predicted octanol–water partition coefficient (Wildman–Crippen LogP) is 11.4. The fourth-order valence-corrected chi connectivity index (χ4v) is 6.45. The average Bonchev–Trinajstić information content (AvgIpc) is 3.49. The fraction of sp³-hybridized carbons (Fsp3) is 0. The summed E-state index contributed by atoms with van der Waals surface area (Å²) in [5, 5.41) is 7.08. The van der Waals surface area contributed by atoms with Gasteiger partial charge in [0.25, 0.3) is 0 Å². The number of hydrogen-bond acceptors (Lipinski definition) is 4. The maximum Gasteiger partial charge on any atom is 0.226 e. The molecule has 216 valence electrons. The van der Waals surface area contributed by atoms with E-state index in [-0.39, 0.29) is 5.28 Å². The van der Waals surface area contributed by atoms with E-state index in [0.717, 1.165) is 44.2 Å². The molecule has 0 aliphatic heterocycles. The molecule has 5 heteroatoms. The van der Waals surface area contributed by atoms with Crippen LogP contribution in [0.1, 0.15) is 0 Å². The maximum absolute atomic E-state index is 6.47. The van der Waals surface area contributed by atoms with Gasteiger partial charge in [0.1, 0.15) is 11.2 Å². The smallest absolute Gasteiger partial charge is 0.226 e. The summed E-state index contributed by atoms with van der Waals surface area (Å²) in [6.45, 7) is 0. The Labute approximate surface area is 269 Å². The van der Waals surface area contributed by atoms with Gasteiger partial charge in [0, 0.05) is 21.9 Å². The highest BCUT2D eigenvalue weighted by atomic mass is 35.5. The van der Waals surface area contributed by atoms with Gasteiger partial charge in [-0.05, 0) is 104 Å². The molecule has 4 nitrogen and oxygen atoms in total. The molecule has 0 aliphatic carbocycles. The summed E-state index contributed by atoms with van der Waals surface area (Å²) in [4.78, 5) is 13.8. The number of fused-ring (bicyclic) bond motifs is 5. The minimum absolute atomic E-state index is 0.149. The Morgan fingerprint density at radius 1 is 0.370 bits per heavy atom. The molecule has 2 aromatic heterocycles. The molecule has 0 fully saturated rings. The van der Waals surface area contributed by atoms with Gasteiger partial charge in [0.05, 0.1) is 0 Å². The fourth-order valence-electron chi connectivity index (χ4n) is 6.29. The van der Waals surface area contributed by atoms with E-state index in [1.54, 1.807) is 0 Å². The highest BCUT2D eigenvalue weighted by molar-refractivity contribution is 6.28. The van der Waals surface area contributed by atoms with Crippen molar-refractivity contribution in [2.45, 2.75) is 0 Å². The Morgan fingerprint density at radius 3 is 1.63 bits per heavy atom. The van der Waals surface area contributed by atoms with Gasteiger partial charge < -0.3 is 4.42 Å². The van der Waals surface area contributed by atoms with E-state index in [0.29, 0.717) is 11.6 Å². The van der Waals surface area contributed by atoms with Gasteiger partial charge in [-0.15, -0.1) is 0 Å². The van der Waals surface area contributed by atoms with Crippen LogP contribution in [0.25, 0.3) is 88.5 Å². The predicted molar refractivity (Wildman–Crippen MR) is 189 cm³/mol. The standard InChI is InChI=1S/C41H24ClN3O/c42-41-44-39(43-40(45-41)34-18-19-38-36(24-34)35-10-3-4-11-37(35)46-38)33-9-5-8-27(23-33)28-14-15-32-22-31(17-16-30(32)21-28)29-13-12-25-6-1-2-7-26(25)20-29/h1-24H. The zero-order chi connectivity index (χ0) is 30.6. The normalized spacial score (nSPS) is 11.6. The summed E-state index contributed by atoms with van der Waals surface area (Å²) < 4.78 is 6.00. The molecular formula is C41H24ClN3O. The number of benzene rings is 7. The van der Waals surface area contributed by atoms with Crippen molar-refractivity contribution >= 4 is 55.1 Å². The second-order valence-corrected chi connectivity index (χ2v) is 11.8. The van der Waals surface area contributed by atoms with Crippen LogP contribution in [-0.2, 0) is 0 Å². The van der Waals surface area contributed by atoms with Crippen LogP contribution in [0.5, 0.6) is 0 Å². The van der Waals surface area contributed by atoms with E-state index in [4.69, 9.17) is 21.0 Å². The lowest BCUT2D eigenvalue weighted by atomic mass is 9.96. The largest absolute Gasteiger partial charge is 0.456 e.